The average Bonchev–Trinajstić information content (AvgIpc) is 2.24. The number of aliphatic hydroxyl groups excluding tert-OH is 1. The summed E-state index contributed by atoms with van der Waals surface area (Å²) in [4.78, 5) is 61.5. The molecule has 0 amide bonds. The Bertz CT molecular complexity index is 479. The van der Waals surface area contributed by atoms with Crippen molar-refractivity contribution in [3.63, 3.8) is 0 Å². The fraction of sp³-hybridized carbons (Fsp3) is 0.556. The molecule has 0 aliphatic carbocycles. The molecule has 0 fully saturated rings. The van der Waals surface area contributed by atoms with Gasteiger partial charge in [-0.1, -0.05) is 0 Å². The van der Waals surface area contributed by atoms with E-state index in [1.54, 1.807) is 0 Å². The largest absolute Gasteiger partial charge is 1.00 e. The van der Waals surface area contributed by atoms with E-state index in [0.29, 0.717) is 0 Å². The van der Waals surface area contributed by atoms with E-state index >= 15 is 0 Å². The van der Waals surface area contributed by atoms with Crippen molar-refractivity contribution in [1.82, 2.24) is 0 Å². The third kappa shape index (κ3) is 36.8. The molecule has 0 saturated carbocycles. The second-order valence-electron chi connectivity index (χ2n) is 4.01. The van der Waals surface area contributed by atoms with Crippen LogP contribution < -0.4 is 29.6 Å². The molecule has 0 aliphatic rings. The van der Waals surface area contributed by atoms with Crippen molar-refractivity contribution in [3.05, 3.63) is 0 Å². The number of carboxylic acid groups (broad SMARTS) is 4. The molecule has 0 aromatic heterocycles. The van der Waals surface area contributed by atoms with Crippen LogP contribution in [0.1, 0.15) is 19.8 Å². The average molecular weight is 457 g/mol. The number of phosphoric acid groups is 1. The summed E-state index contributed by atoms with van der Waals surface area (Å²) in [5.74, 6) is -6.20. The molecule has 0 aromatic rings. The smallest absolute Gasteiger partial charge is 0.870 e. The van der Waals surface area contributed by atoms with Gasteiger partial charge in [0.1, 0.15) is 6.10 Å². The van der Waals surface area contributed by atoms with Crippen LogP contribution in [-0.4, -0.2) is 86.4 Å². The molecule has 0 radical (unpaired) electrons. The van der Waals surface area contributed by atoms with E-state index < -0.39 is 56.2 Å². The van der Waals surface area contributed by atoms with Gasteiger partial charge in [-0.05, 0) is 6.92 Å². The number of hydrogen-bond donors (Lipinski definition) is 9. The fourth-order valence-electron chi connectivity index (χ4n) is 0.714. The number of carboxylic acids is 4. The summed E-state index contributed by atoms with van der Waals surface area (Å²) in [6, 6.07) is 0. The Morgan fingerprint density at radius 1 is 0.926 bits per heavy atom. The summed E-state index contributed by atoms with van der Waals surface area (Å²) in [5, 5.41) is 49.6. The summed E-state index contributed by atoms with van der Waals surface area (Å²) in [7, 11) is -4.64. The van der Waals surface area contributed by atoms with Crippen LogP contribution in [-0.2, 0) is 23.7 Å². The zero-order valence-electron chi connectivity index (χ0n) is 13.9. The van der Waals surface area contributed by atoms with Crippen molar-refractivity contribution >= 4 is 44.1 Å². The van der Waals surface area contributed by atoms with Gasteiger partial charge in [-0.15, -0.1) is 12.4 Å². The van der Waals surface area contributed by atoms with E-state index in [2.05, 4.69) is 0 Å². The summed E-state index contributed by atoms with van der Waals surface area (Å²) in [6.07, 6.45) is -3.52. The second kappa shape index (κ2) is 18.5. The minimum atomic E-state index is -4.64. The molecule has 27 heavy (non-hydrogen) atoms. The number of aliphatic hydroxyl groups is 2. The Kier molecular flexibility index (Phi) is 27.9. The van der Waals surface area contributed by atoms with Crippen LogP contribution in [0.2, 0.25) is 0 Å². The normalized spacial score (nSPS) is 10.4. The summed E-state index contributed by atoms with van der Waals surface area (Å²) >= 11 is 0. The summed E-state index contributed by atoms with van der Waals surface area (Å²) in [6.45, 7) is 1.20. The maximum Gasteiger partial charge on any atom is 1.00 e. The monoisotopic (exact) mass is 456 g/mol. The molecule has 18 heteroatoms. The van der Waals surface area contributed by atoms with Gasteiger partial charge in [0.2, 0.25) is 0 Å². The van der Waals surface area contributed by atoms with E-state index in [-0.39, 0.29) is 47.4 Å². The first kappa shape index (κ1) is 40.7. The summed E-state index contributed by atoms with van der Waals surface area (Å²) in [5.41, 5.74) is -2.74. The second-order valence-corrected chi connectivity index (χ2v) is 5.03. The Labute approximate surface area is 179 Å². The zero-order valence-corrected chi connectivity index (χ0v) is 17.6. The van der Waals surface area contributed by atoms with Crippen molar-refractivity contribution in [2.24, 2.45) is 0 Å². The van der Waals surface area contributed by atoms with Crippen LogP contribution in [0.3, 0.4) is 0 Å². The Balaban J connectivity index is -0.0000000670. The molecule has 158 valence electrons. The van der Waals surface area contributed by atoms with Gasteiger partial charge in [-0.25, -0.2) is 14.2 Å². The van der Waals surface area contributed by atoms with Gasteiger partial charge in [0, 0.05) is 0 Å². The predicted octanol–water partition coefficient (Wildman–Crippen LogP) is -5.48. The first-order valence-corrected chi connectivity index (χ1v) is 7.07. The van der Waals surface area contributed by atoms with Crippen molar-refractivity contribution in [2.45, 2.75) is 31.5 Å². The number of carbonyl (C=O) groups is 4. The molecule has 0 bridgehead atoms. The molecular weight excluding hydrogens is 438 g/mol. The zero-order chi connectivity index (χ0) is 20.3. The van der Waals surface area contributed by atoms with Crippen molar-refractivity contribution < 1.29 is 104 Å². The van der Waals surface area contributed by atoms with Crippen LogP contribution in [0.15, 0.2) is 0 Å². The van der Waals surface area contributed by atoms with E-state index in [9.17, 15) is 19.2 Å². The third-order valence-electron chi connectivity index (χ3n) is 1.64. The van der Waals surface area contributed by atoms with Gasteiger partial charge in [-0.3, -0.25) is 9.59 Å². The number of aliphatic carboxylic acids is 4. The van der Waals surface area contributed by atoms with Crippen LogP contribution in [0.5, 0.6) is 0 Å². The topological polar surface area (TPSA) is 297 Å². The maximum atomic E-state index is 10.3. The molecule has 0 aromatic carbocycles. The minimum absolute atomic E-state index is 0. The van der Waals surface area contributed by atoms with E-state index in [4.69, 9.17) is 49.9 Å². The Hall–Kier alpha value is -0.840. The molecule has 0 rings (SSSR count). The SMILES string of the molecule is CC(O)C(=O)O.Cl.O=C(O)CC(O)(CC(=O)O)C(=O)O.O=P(O)(O)O.[Na+].[OH-]. The van der Waals surface area contributed by atoms with E-state index in [1.165, 1.54) is 6.92 Å². The van der Waals surface area contributed by atoms with Gasteiger partial charge in [0.25, 0.3) is 0 Å². The van der Waals surface area contributed by atoms with Crippen molar-refractivity contribution in [1.29, 1.82) is 0 Å². The molecule has 0 spiro atoms. The van der Waals surface area contributed by atoms with E-state index in [1.807, 2.05) is 0 Å². The molecule has 0 saturated heterocycles. The quantitative estimate of drug-likeness (QED) is 0.133. The molecule has 0 heterocycles. The number of hydrogen-bond acceptors (Lipinski definition) is 8. The fourth-order valence-corrected chi connectivity index (χ4v) is 0.714. The molecule has 10 N–H and O–H groups in total. The summed E-state index contributed by atoms with van der Waals surface area (Å²) < 4.78 is 8.88. The van der Waals surface area contributed by atoms with Gasteiger partial charge in [0.05, 0.1) is 12.8 Å². The van der Waals surface area contributed by atoms with Crippen molar-refractivity contribution in [2.75, 3.05) is 0 Å². The predicted molar refractivity (Wildman–Crippen MR) is 79.9 cm³/mol. The van der Waals surface area contributed by atoms with Crippen LogP contribution in [0.25, 0.3) is 0 Å². The van der Waals surface area contributed by atoms with Gasteiger partial charge in [0.15, 0.2) is 5.60 Å². The van der Waals surface area contributed by atoms with Crippen LogP contribution in [0.4, 0.5) is 0 Å². The third-order valence-corrected chi connectivity index (χ3v) is 1.64. The Morgan fingerprint density at radius 3 is 1.19 bits per heavy atom. The standard InChI is InChI=1S/C6H8O7.C3H6O3.ClH.Na.H3O4P.H2O/c7-3(8)1-6(13,5(11)12)2-4(9)10;1-2(4)3(5)6;;;1-5(2,3)4;/h13H,1-2H2,(H,7,8)(H,9,10)(H,11,12);2,4H,1H3,(H,5,6);1H;;(H3,1,2,3,4);1H2/q;;;+1;;/p-1. The van der Waals surface area contributed by atoms with Gasteiger partial charge in [-0.2, -0.15) is 0 Å². The number of rotatable bonds is 6. The van der Waals surface area contributed by atoms with Gasteiger partial charge >= 0.3 is 61.3 Å². The van der Waals surface area contributed by atoms with Gasteiger partial charge < -0.3 is 50.8 Å². The molecule has 1 atom stereocenters. The van der Waals surface area contributed by atoms with Crippen molar-refractivity contribution in [3.8, 4) is 0 Å². The Morgan fingerprint density at radius 2 is 1.11 bits per heavy atom. The van der Waals surface area contributed by atoms with E-state index in [0.717, 1.165) is 0 Å². The first-order valence-electron chi connectivity index (χ1n) is 5.51. The molecule has 0 aliphatic heterocycles. The van der Waals surface area contributed by atoms with Crippen LogP contribution in [0, 0.1) is 0 Å². The molecular formula is C9H19ClNaO15P. The number of halogens is 1. The molecule has 15 nitrogen and oxygen atoms in total. The first-order chi connectivity index (χ1) is 10.4. The molecule has 1 unspecified atom stereocenters. The van der Waals surface area contributed by atoms with Crippen LogP contribution >= 0.6 is 20.2 Å². The minimum Gasteiger partial charge on any atom is -0.870 e. The maximum absolute atomic E-state index is 10.3.